The van der Waals surface area contributed by atoms with Crippen LogP contribution in [-0.2, 0) is 12.8 Å². The summed E-state index contributed by atoms with van der Waals surface area (Å²) < 4.78 is 0. The molecule has 1 fully saturated rings. The van der Waals surface area contributed by atoms with Crippen LogP contribution < -0.4 is 10.6 Å². The minimum atomic E-state index is 0. The minimum absolute atomic E-state index is 0. The summed E-state index contributed by atoms with van der Waals surface area (Å²) in [6.45, 7) is 6.50. The number of hydrogen-bond acceptors (Lipinski definition) is 3. The Morgan fingerprint density at radius 2 is 2.19 bits per heavy atom. The molecule has 2 heterocycles. The van der Waals surface area contributed by atoms with Crippen LogP contribution in [0.1, 0.15) is 46.8 Å². The molecule has 21 heavy (non-hydrogen) atoms. The third-order valence-electron chi connectivity index (χ3n) is 4.70. The van der Waals surface area contributed by atoms with E-state index in [4.69, 9.17) is 0 Å². The van der Waals surface area contributed by atoms with Crippen LogP contribution in [0, 0.1) is 11.8 Å². The van der Waals surface area contributed by atoms with Crippen molar-refractivity contribution in [2.24, 2.45) is 11.8 Å². The van der Waals surface area contributed by atoms with Gasteiger partial charge in [-0.15, -0.1) is 23.7 Å². The van der Waals surface area contributed by atoms with Crippen molar-refractivity contribution in [2.45, 2.75) is 45.6 Å². The first-order valence-corrected chi connectivity index (χ1v) is 8.58. The van der Waals surface area contributed by atoms with E-state index in [9.17, 15) is 4.79 Å². The summed E-state index contributed by atoms with van der Waals surface area (Å²) in [5.74, 6) is 1.45. The van der Waals surface area contributed by atoms with Crippen LogP contribution in [-0.4, -0.2) is 25.0 Å². The van der Waals surface area contributed by atoms with Gasteiger partial charge >= 0.3 is 0 Å². The number of carbonyl (C=O) groups is 1. The average molecular weight is 329 g/mol. The molecule has 0 aromatic carbocycles. The van der Waals surface area contributed by atoms with E-state index in [0.29, 0.717) is 5.92 Å². The van der Waals surface area contributed by atoms with Gasteiger partial charge in [0.1, 0.15) is 0 Å². The molecule has 1 aliphatic heterocycles. The molecule has 1 aromatic rings. The van der Waals surface area contributed by atoms with E-state index in [0.717, 1.165) is 43.1 Å². The summed E-state index contributed by atoms with van der Waals surface area (Å²) in [7, 11) is 0. The Morgan fingerprint density at radius 3 is 2.95 bits per heavy atom. The Balaban J connectivity index is 0.00000161. The molecule has 1 aliphatic carbocycles. The molecule has 3 atom stereocenters. The van der Waals surface area contributed by atoms with Gasteiger partial charge in [-0.05, 0) is 55.7 Å². The first kappa shape index (κ1) is 16.8. The van der Waals surface area contributed by atoms with Crippen molar-refractivity contribution in [1.82, 2.24) is 10.6 Å². The van der Waals surface area contributed by atoms with Crippen molar-refractivity contribution in [3.05, 3.63) is 21.4 Å². The Labute approximate surface area is 137 Å². The van der Waals surface area contributed by atoms with Gasteiger partial charge in [0.15, 0.2) is 0 Å². The normalized spacial score (nSPS) is 28.4. The van der Waals surface area contributed by atoms with E-state index in [1.54, 1.807) is 11.3 Å². The minimum Gasteiger partial charge on any atom is -0.347 e. The van der Waals surface area contributed by atoms with Gasteiger partial charge in [0, 0.05) is 17.5 Å². The highest BCUT2D eigenvalue weighted by Gasteiger charge is 2.25. The maximum Gasteiger partial charge on any atom is 0.261 e. The number of aryl methyl sites for hydroxylation is 1. The van der Waals surface area contributed by atoms with Gasteiger partial charge < -0.3 is 10.6 Å². The Bertz CT molecular complexity index is 502. The van der Waals surface area contributed by atoms with Crippen molar-refractivity contribution in [2.75, 3.05) is 13.1 Å². The van der Waals surface area contributed by atoms with E-state index in [-0.39, 0.29) is 24.4 Å². The van der Waals surface area contributed by atoms with Crippen LogP contribution in [0.3, 0.4) is 0 Å². The quantitative estimate of drug-likeness (QED) is 0.876. The number of amides is 1. The van der Waals surface area contributed by atoms with Crippen LogP contribution in [0.15, 0.2) is 6.07 Å². The Kier molecular flexibility index (Phi) is 5.69. The lowest BCUT2D eigenvalue weighted by Gasteiger charge is -2.30. The molecule has 3 unspecified atom stereocenters. The molecule has 118 valence electrons. The molecule has 1 aromatic heterocycles. The predicted molar refractivity (Wildman–Crippen MR) is 90.7 cm³/mol. The largest absolute Gasteiger partial charge is 0.347 e. The highest BCUT2D eigenvalue weighted by atomic mass is 35.5. The monoisotopic (exact) mass is 328 g/mol. The number of halogens is 1. The van der Waals surface area contributed by atoms with Gasteiger partial charge in [0.25, 0.3) is 5.91 Å². The van der Waals surface area contributed by atoms with Crippen LogP contribution in [0.25, 0.3) is 0 Å². The maximum absolute atomic E-state index is 12.4. The van der Waals surface area contributed by atoms with Crippen molar-refractivity contribution >= 4 is 29.7 Å². The second-order valence-corrected chi connectivity index (χ2v) is 7.59. The van der Waals surface area contributed by atoms with Gasteiger partial charge in [-0.1, -0.05) is 13.8 Å². The summed E-state index contributed by atoms with van der Waals surface area (Å²) >= 11 is 1.70. The van der Waals surface area contributed by atoms with Crippen LogP contribution in [0.5, 0.6) is 0 Å². The lowest BCUT2D eigenvalue weighted by atomic mass is 9.90. The Morgan fingerprint density at radius 1 is 1.38 bits per heavy atom. The molecule has 2 N–H and O–H groups in total. The maximum atomic E-state index is 12.4. The van der Waals surface area contributed by atoms with Crippen LogP contribution >= 0.6 is 23.7 Å². The number of nitrogens with one attached hydrogen (secondary N) is 2. The highest BCUT2D eigenvalue weighted by molar-refractivity contribution is 7.14. The van der Waals surface area contributed by atoms with Crippen molar-refractivity contribution in [3.8, 4) is 0 Å². The third kappa shape index (κ3) is 3.79. The molecule has 3 rings (SSSR count). The van der Waals surface area contributed by atoms with Gasteiger partial charge in [-0.3, -0.25) is 4.79 Å². The summed E-state index contributed by atoms with van der Waals surface area (Å²) in [4.78, 5) is 14.8. The summed E-state index contributed by atoms with van der Waals surface area (Å²) in [6, 6.07) is 2.40. The number of carbonyl (C=O) groups excluding carboxylic acids is 1. The van der Waals surface area contributed by atoms with Crippen LogP contribution in [0.2, 0.25) is 0 Å². The molecule has 1 saturated heterocycles. The molecule has 2 aliphatic rings. The van der Waals surface area contributed by atoms with Gasteiger partial charge in [0.05, 0.1) is 4.88 Å². The zero-order chi connectivity index (χ0) is 14.1. The smallest absolute Gasteiger partial charge is 0.261 e. The molecule has 0 radical (unpaired) electrons. The van der Waals surface area contributed by atoms with E-state index < -0.39 is 0 Å². The number of thiophene rings is 1. The molecular weight excluding hydrogens is 304 g/mol. The number of rotatable bonds is 2. The van der Waals surface area contributed by atoms with Crippen molar-refractivity contribution in [1.29, 1.82) is 0 Å². The van der Waals surface area contributed by atoms with Gasteiger partial charge in [-0.25, -0.2) is 0 Å². The second-order valence-electron chi connectivity index (χ2n) is 6.46. The van der Waals surface area contributed by atoms with E-state index in [1.165, 1.54) is 16.9 Å². The van der Waals surface area contributed by atoms with E-state index in [2.05, 4.69) is 30.5 Å². The Hall–Kier alpha value is -0.580. The van der Waals surface area contributed by atoms with Crippen molar-refractivity contribution in [3.63, 3.8) is 0 Å². The molecule has 0 spiro atoms. The molecule has 0 bridgehead atoms. The van der Waals surface area contributed by atoms with E-state index >= 15 is 0 Å². The molecule has 1 amide bonds. The summed E-state index contributed by atoms with van der Waals surface area (Å²) in [5.41, 5.74) is 1.41. The molecular formula is C16H25ClN2OS. The average Bonchev–Trinajstić information content (AvgIpc) is 2.84. The third-order valence-corrected chi connectivity index (χ3v) is 5.93. The first-order chi connectivity index (χ1) is 9.63. The number of hydrogen-bond donors (Lipinski definition) is 2. The van der Waals surface area contributed by atoms with Gasteiger partial charge in [0.2, 0.25) is 0 Å². The van der Waals surface area contributed by atoms with E-state index in [1.807, 2.05) is 0 Å². The predicted octanol–water partition coefficient (Wildman–Crippen LogP) is 3.02. The zero-order valence-electron chi connectivity index (χ0n) is 12.8. The molecule has 3 nitrogen and oxygen atoms in total. The SMILES string of the molecule is CC1CCc2sc(C(=O)NC3CNCCC3C)cc2C1.Cl. The lowest BCUT2D eigenvalue weighted by Crippen LogP contribution is -2.50. The second kappa shape index (κ2) is 7.12. The summed E-state index contributed by atoms with van der Waals surface area (Å²) in [6.07, 6.45) is 4.69. The standard InChI is InChI=1S/C16H24N2OS.ClH/c1-10-3-4-14-12(7-10)8-15(20-14)16(19)18-13-9-17-6-5-11(13)2;/h8,10-11,13,17H,3-7,9H2,1-2H3,(H,18,19);1H. The lowest BCUT2D eigenvalue weighted by molar-refractivity contribution is 0.0919. The number of piperidine rings is 1. The van der Waals surface area contributed by atoms with Crippen molar-refractivity contribution < 1.29 is 4.79 Å². The zero-order valence-corrected chi connectivity index (χ0v) is 14.4. The molecule has 5 heteroatoms. The number of fused-ring (bicyclic) bond motifs is 1. The fourth-order valence-corrected chi connectivity index (χ4v) is 4.35. The summed E-state index contributed by atoms with van der Waals surface area (Å²) in [5, 5.41) is 6.58. The first-order valence-electron chi connectivity index (χ1n) is 7.76. The highest BCUT2D eigenvalue weighted by Crippen LogP contribution is 2.32. The van der Waals surface area contributed by atoms with Crippen LogP contribution in [0.4, 0.5) is 0 Å². The topological polar surface area (TPSA) is 41.1 Å². The molecule has 0 saturated carbocycles. The fourth-order valence-electron chi connectivity index (χ4n) is 3.24. The fraction of sp³-hybridized carbons (Fsp3) is 0.688. The van der Waals surface area contributed by atoms with Gasteiger partial charge in [-0.2, -0.15) is 0 Å².